The Hall–Kier alpha value is -0.970. The number of likely N-dealkylation sites (tertiary alicyclic amines) is 1. The highest BCUT2D eigenvalue weighted by Gasteiger charge is 2.36. The van der Waals surface area contributed by atoms with E-state index in [0.717, 1.165) is 31.5 Å². The van der Waals surface area contributed by atoms with Crippen LogP contribution < -0.4 is 15.2 Å². The van der Waals surface area contributed by atoms with E-state index in [1.807, 2.05) is 12.1 Å². The first-order chi connectivity index (χ1) is 10.2. The molecule has 2 N–H and O–H groups in total. The minimum absolute atomic E-state index is 0.266. The van der Waals surface area contributed by atoms with Gasteiger partial charge in [0.05, 0.1) is 19.2 Å². The summed E-state index contributed by atoms with van der Waals surface area (Å²) in [4.78, 5) is 2.48. The molecule has 4 nitrogen and oxygen atoms in total. The molecule has 21 heavy (non-hydrogen) atoms. The maximum absolute atomic E-state index is 6.59. The monoisotopic (exact) mass is 312 g/mol. The Morgan fingerprint density at radius 3 is 2.67 bits per heavy atom. The Kier molecular flexibility index (Phi) is 5.73. The molecule has 5 heteroatoms. The molecule has 0 amide bonds. The van der Waals surface area contributed by atoms with Gasteiger partial charge in [-0.1, -0.05) is 24.6 Å². The molecular weight excluding hydrogens is 288 g/mol. The Morgan fingerprint density at radius 1 is 1.33 bits per heavy atom. The van der Waals surface area contributed by atoms with Crippen LogP contribution in [0, 0.1) is 5.92 Å². The van der Waals surface area contributed by atoms with E-state index in [1.54, 1.807) is 14.2 Å². The van der Waals surface area contributed by atoms with Crippen molar-refractivity contribution in [3.8, 4) is 11.5 Å². The minimum Gasteiger partial charge on any atom is -0.493 e. The summed E-state index contributed by atoms with van der Waals surface area (Å²) in [6.07, 6.45) is 2.24. The third-order valence-corrected chi connectivity index (χ3v) is 4.66. The van der Waals surface area contributed by atoms with Crippen molar-refractivity contribution in [3.63, 3.8) is 0 Å². The highest BCUT2D eigenvalue weighted by molar-refractivity contribution is 6.33. The molecule has 1 aliphatic rings. The van der Waals surface area contributed by atoms with E-state index < -0.39 is 0 Å². The van der Waals surface area contributed by atoms with Crippen LogP contribution >= 0.6 is 11.6 Å². The van der Waals surface area contributed by atoms with Crippen LogP contribution in [0.1, 0.15) is 31.4 Å². The fourth-order valence-corrected chi connectivity index (χ4v) is 3.64. The topological polar surface area (TPSA) is 47.7 Å². The number of hydrogen-bond donors (Lipinski definition) is 1. The zero-order valence-corrected chi connectivity index (χ0v) is 13.8. The molecule has 0 saturated carbocycles. The molecule has 0 aliphatic carbocycles. The van der Waals surface area contributed by atoms with Gasteiger partial charge < -0.3 is 15.2 Å². The fourth-order valence-electron chi connectivity index (χ4n) is 3.30. The first-order valence-electron chi connectivity index (χ1n) is 7.52. The molecule has 2 atom stereocenters. The average molecular weight is 313 g/mol. The number of hydrogen-bond acceptors (Lipinski definition) is 4. The van der Waals surface area contributed by atoms with Crippen LogP contribution in [-0.2, 0) is 0 Å². The van der Waals surface area contributed by atoms with E-state index in [0.29, 0.717) is 29.0 Å². The van der Waals surface area contributed by atoms with Gasteiger partial charge in [0.15, 0.2) is 11.5 Å². The van der Waals surface area contributed by atoms with Crippen molar-refractivity contribution in [2.45, 2.75) is 25.8 Å². The van der Waals surface area contributed by atoms with Gasteiger partial charge in [0.1, 0.15) is 0 Å². The van der Waals surface area contributed by atoms with Crippen molar-refractivity contribution in [1.82, 2.24) is 4.90 Å². The summed E-state index contributed by atoms with van der Waals surface area (Å²) >= 11 is 6.59. The molecule has 1 aromatic rings. The molecule has 1 aromatic carbocycles. The second-order valence-electron chi connectivity index (χ2n) is 5.47. The first kappa shape index (κ1) is 16.4. The summed E-state index contributed by atoms with van der Waals surface area (Å²) in [5, 5.41) is 0.642. The van der Waals surface area contributed by atoms with Gasteiger partial charge in [0, 0.05) is 6.04 Å². The predicted octanol–water partition coefficient (Wildman–Crippen LogP) is 3.09. The maximum Gasteiger partial charge on any atom is 0.179 e. The van der Waals surface area contributed by atoms with Gasteiger partial charge in [-0.25, -0.2) is 0 Å². The molecule has 1 aliphatic heterocycles. The second-order valence-corrected chi connectivity index (χ2v) is 5.85. The van der Waals surface area contributed by atoms with Crippen LogP contribution in [-0.4, -0.2) is 38.8 Å². The van der Waals surface area contributed by atoms with Gasteiger partial charge in [-0.15, -0.1) is 0 Å². The molecule has 0 spiro atoms. The third-order valence-electron chi connectivity index (χ3n) is 4.27. The van der Waals surface area contributed by atoms with Crippen LogP contribution in [0.5, 0.6) is 11.5 Å². The lowest BCUT2D eigenvalue weighted by Gasteiger charge is -2.29. The van der Waals surface area contributed by atoms with Crippen molar-refractivity contribution in [2.24, 2.45) is 11.7 Å². The summed E-state index contributed by atoms with van der Waals surface area (Å²) in [5.74, 6) is 1.71. The summed E-state index contributed by atoms with van der Waals surface area (Å²) < 4.78 is 10.7. The molecule has 118 valence electrons. The highest BCUT2D eigenvalue weighted by Crippen LogP contribution is 2.45. The van der Waals surface area contributed by atoms with E-state index in [1.165, 1.54) is 0 Å². The maximum atomic E-state index is 6.59. The van der Waals surface area contributed by atoms with Gasteiger partial charge in [0.2, 0.25) is 0 Å². The molecular formula is C16H25ClN2O2. The molecule has 1 heterocycles. The SMILES string of the molecule is CCCN1CCC(CN)C1c1ccc(OC)c(OC)c1Cl. The van der Waals surface area contributed by atoms with Gasteiger partial charge in [-0.2, -0.15) is 0 Å². The van der Waals surface area contributed by atoms with Crippen molar-refractivity contribution in [3.05, 3.63) is 22.7 Å². The molecule has 2 unspecified atom stereocenters. The summed E-state index contributed by atoms with van der Waals surface area (Å²) in [6, 6.07) is 4.24. The number of ether oxygens (including phenoxy) is 2. The Bertz CT molecular complexity index is 482. The summed E-state index contributed by atoms with van der Waals surface area (Å²) in [7, 11) is 3.24. The number of benzene rings is 1. The zero-order chi connectivity index (χ0) is 15.4. The van der Waals surface area contributed by atoms with Crippen molar-refractivity contribution >= 4 is 11.6 Å². The lowest BCUT2D eigenvalue weighted by Crippen LogP contribution is -2.29. The smallest absolute Gasteiger partial charge is 0.179 e. The van der Waals surface area contributed by atoms with E-state index in [9.17, 15) is 0 Å². The Balaban J connectivity index is 2.42. The van der Waals surface area contributed by atoms with E-state index in [2.05, 4.69) is 11.8 Å². The molecule has 1 saturated heterocycles. The fraction of sp³-hybridized carbons (Fsp3) is 0.625. The van der Waals surface area contributed by atoms with E-state index in [-0.39, 0.29) is 6.04 Å². The van der Waals surface area contributed by atoms with E-state index >= 15 is 0 Å². The Labute approximate surface area is 132 Å². The normalized spacial score (nSPS) is 22.5. The van der Waals surface area contributed by atoms with Crippen molar-refractivity contribution in [2.75, 3.05) is 33.9 Å². The number of nitrogens with zero attached hydrogens (tertiary/aromatic N) is 1. The van der Waals surface area contributed by atoms with Crippen LogP contribution in [0.3, 0.4) is 0 Å². The summed E-state index contributed by atoms with van der Waals surface area (Å²) in [5.41, 5.74) is 7.06. The number of rotatable bonds is 6. The number of halogens is 1. The first-order valence-corrected chi connectivity index (χ1v) is 7.90. The van der Waals surface area contributed by atoms with Crippen molar-refractivity contribution < 1.29 is 9.47 Å². The van der Waals surface area contributed by atoms with Gasteiger partial charge >= 0.3 is 0 Å². The molecule has 0 radical (unpaired) electrons. The van der Waals surface area contributed by atoms with E-state index in [4.69, 9.17) is 26.8 Å². The standard InChI is InChI=1S/C16H25ClN2O2/c1-4-8-19-9-7-11(10-18)15(19)12-5-6-13(20-2)16(21-3)14(12)17/h5-6,11,15H,4,7-10,18H2,1-3H3. The van der Waals surface area contributed by atoms with Crippen molar-refractivity contribution in [1.29, 1.82) is 0 Å². The Morgan fingerprint density at radius 2 is 2.10 bits per heavy atom. The minimum atomic E-state index is 0.266. The van der Waals surface area contributed by atoms with Gasteiger partial charge in [-0.05, 0) is 50.0 Å². The zero-order valence-electron chi connectivity index (χ0n) is 13.1. The predicted molar refractivity (Wildman–Crippen MR) is 86.3 cm³/mol. The lowest BCUT2D eigenvalue weighted by molar-refractivity contribution is 0.230. The second kappa shape index (κ2) is 7.34. The average Bonchev–Trinajstić information content (AvgIpc) is 2.90. The molecule has 0 bridgehead atoms. The molecule has 0 aromatic heterocycles. The number of methoxy groups -OCH3 is 2. The van der Waals surface area contributed by atoms with Gasteiger partial charge in [-0.3, -0.25) is 4.90 Å². The third kappa shape index (κ3) is 3.12. The summed E-state index contributed by atoms with van der Waals surface area (Å²) in [6.45, 7) is 5.01. The largest absolute Gasteiger partial charge is 0.493 e. The molecule has 2 rings (SSSR count). The lowest BCUT2D eigenvalue weighted by atomic mass is 9.93. The van der Waals surface area contributed by atoms with Crippen LogP contribution in [0.4, 0.5) is 0 Å². The highest BCUT2D eigenvalue weighted by atomic mass is 35.5. The van der Waals surface area contributed by atoms with Gasteiger partial charge in [0.25, 0.3) is 0 Å². The number of nitrogens with two attached hydrogens (primary N) is 1. The molecule has 1 fully saturated rings. The van der Waals surface area contributed by atoms with Crippen LogP contribution in [0.15, 0.2) is 12.1 Å². The van der Waals surface area contributed by atoms with Crippen LogP contribution in [0.25, 0.3) is 0 Å². The quantitative estimate of drug-likeness (QED) is 0.877. The van der Waals surface area contributed by atoms with Crippen LogP contribution in [0.2, 0.25) is 5.02 Å².